The Bertz CT molecular complexity index is 295. The van der Waals surface area contributed by atoms with Crippen molar-refractivity contribution in [2.24, 2.45) is 5.92 Å². The molecule has 2 aliphatic carbocycles. The van der Waals surface area contributed by atoms with Crippen LogP contribution in [0.3, 0.4) is 0 Å². The SMILES string of the molecule is CCC[C@H]1CC1N(C)C1C=CC=CC1NCC. The van der Waals surface area contributed by atoms with E-state index in [2.05, 4.69) is 55.4 Å². The van der Waals surface area contributed by atoms with Crippen LogP contribution in [0.4, 0.5) is 0 Å². The van der Waals surface area contributed by atoms with Crippen LogP contribution in [-0.4, -0.2) is 36.6 Å². The molecular weight excluding hydrogens is 208 g/mol. The minimum Gasteiger partial charge on any atom is -0.309 e. The van der Waals surface area contributed by atoms with Gasteiger partial charge in [-0.2, -0.15) is 0 Å². The summed E-state index contributed by atoms with van der Waals surface area (Å²) in [4.78, 5) is 2.58. The van der Waals surface area contributed by atoms with Crippen molar-refractivity contribution in [3.8, 4) is 0 Å². The maximum absolute atomic E-state index is 3.57. The Morgan fingerprint density at radius 3 is 2.71 bits per heavy atom. The van der Waals surface area contributed by atoms with Crippen LogP contribution in [0.2, 0.25) is 0 Å². The summed E-state index contributed by atoms with van der Waals surface area (Å²) >= 11 is 0. The van der Waals surface area contributed by atoms with Crippen molar-refractivity contribution in [1.29, 1.82) is 0 Å². The summed E-state index contributed by atoms with van der Waals surface area (Å²) in [5.41, 5.74) is 0. The molecule has 3 unspecified atom stereocenters. The van der Waals surface area contributed by atoms with Gasteiger partial charge in [-0.3, -0.25) is 4.90 Å². The Labute approximate surface area is 106 Å². The number of hydrogen-bond acceptors (Lipinski definition) is 2. The summed E-state index contributed by atoms with van der Waals surface area (Å²) in [5, 5.41) is 3.57. The fourth-order valence-electron chi connectivity index (χ4n) is 3.04. The van der Waals surface area contributed by atoms with E-state index in [-0.39, 0.29) is 0 Å². The van der Waals surface area contributed by atoms with E-state index in [1.807, 2.05) is 0 Å². The molecule has 4 atom stereocenters. The van der Waals surface area contributed by atoms with Crippen LogP contribution in [0.15, 0.2) is 24.3 Å². The molecule has 0 aliphatic heterocycles. The fourth-order valence-corrected chi connectivity index (χ4v) is 3.04. The normalized spacial score (nSPS) is 35.5. The minimum atomic E-state index is 0.484. The van der Waals surface area contributed by atoms with Gasteiger partial charge in [0.25, 0.3) is 0 Å². The fraction of sp³-hybridized carbons (Fsp3) is 0.733. The summed E-state index contributed by atoms with van der Waals surface area (Å²) < 4.78 is 0. The highest BCUT2D eigenvalue weighted by molar-refractivity contribution is 5.21. The zero-order chi connectivity index (χ0) is 12.3. The van der Waals surface area contributed by atoms with Crippen LogP contribution in [0.1, 0.15) is 33.1 Å². The molecule has 0 heterocycles. The van der Waals surface area contributed by atoms with E-state index >= 15 is 0 Å². The summed E-state index contributed by atoms with van der Waals surface area (Å²) in [5.74, 6) is 0.951. The highest BCUT2D eigenvalue weighted by Gasteiger charge is 2.42. The van der Waals surface area contributed by atoms with Gasteiger partial charge in [0.2, 0.25) is 0 Å². The van der Waals surface area contributed by atoms with Crippen molar-refractivity contribution in [3.63, 3.8) is 0 Å². The molecule has 0 spiro atoms. The molecule has 0 aromatic heterocycles. The van der Waals surface area contributed by atoms with E-state index in [1.54, 1.807) is 0 Å². The summed E-state index contributed by atoms with van der Waals surface area (Å²) in [7, 11) is 2.29. The second-order valence-electron chi connectivity index (χ2n) is 5.36. The Morgan fingerprint density at radius 1 is 1.24 bits per heavy atom. The predicted octanol–water partition coefficient (Wildman–Crippen LogP) is 2.58. The number of likely N-dealkylation sites (N-methyl/N-ethyl adjacent to an activating group) is 2. The molecule has 0 amide bonds. The first-order chi connectivity index (χ1) is 8.27. The van der Waals surface area contributed by atoms with Crippen molar-refractivity contribution in [1.82, 2.24) is 10.2 Å². The van der Waals surface area contributed by atoms with Gasteiger partial charge >= 0.3 is 0 Å². The summed E-state index contributed by atoms with van der Waals surface area (Å²) in [6.07, 6.45) is 13.1. The van der Waals surface area contributed by atoms with E-state index in [4.69, 9.17) is 0 Å². The number of nitrogens with one attached hydrogen (secondary N) is 1. The third-order valence-electron chi connectivity index (χ3n) is 4.08. The van der Waals surface area contributed by atoms with Gasteiger partial charge in [0.05, 0.1) is 0 Å². The molecule has 17 heavy (non-hydrogen) atoms. The Hall–Kier alpha value is -0.600. The van der Waals surface area contributed by atoms with Gasteiger partial charge in [0.15, 0.2) is 0 Å². The molecular formula is C15H26N2. The monoisotopic (exact) mass is 234 g/mol. The molecule has 0 aromatic rings. The molecule has 2 nitrogen and oxygen atoms in total. The highest BCUT2D eigenvalue weighted by Crippen LogP contribution is 2.40. The maximum Gasteiger partial charge on any atom is 0.0470 e. The van der Waals surface area contributed by atoms with Crippen molar-refractivity contribution in [2.75, 3.05) is 13.6 Å². The zero-order valence-electron chi connectivity index (χ0n) is 11.4. The number of allylic oxidation sites excluding steroid dienone is 2. The molecule has 2 heteroatoms. The molecule has 96 valence electrons. The quantitative estimate of drug-likeness (QED) is 0.760. The van der Waals surface area contributed by atoms with E-state index in [1.165, 1.54) is 19.3 Å². The van der Waals surface area contributed by atoms with Crippen LogP contribution in [-0.2, 0) is 0 Å². The average Bonchev–Trinajstić information content (AvgIpc) is 3.09. The Kier molecular flexibility index (Phi) is 4.41. The minimum absolute atomic E-state index is 0.484. The smallest absolute Gasteiger partial charge is 0.0470 e. The van der Waals surface area contributed by atoms with E-state index < -0.39 is 0 Å². The van der Waals surface area contributed by atoms with Gasteiger partial charge in [-0.1, -0.05) is 44.6 Å². The summed E-state index contributed by atoms with van der Waals surface area (Å²) in [6.45, 7) is 5.51. The lowest BCUT2D eigenvalue weighted by atomic mass is 10.0. The van der Waals surface area contributed by atoms with Gasteiger partial charge in [-0.15, -0.1) is 0 Å². The lowest BCUT2D eigenvalue weighted by Crippen LogP contribution is -2.48. The van der Waals surface area contributed by atoms with Crippen molar-refractivity contribution >= 4 is 0 Å². The van der Waals surface area contributed by atoms with Gasteiger partial charge < -0.3 is 5.32 Å². The van der Waals surface area contributed by atoms with Crippen LogP contribution < -0.4 is 5.32 Å². The van der Waals surface area contributed by atoms with Gasteiger partial charge in [0, 0.05) is 18.1 Å². The average molecular weight is 234 g/mol. The molecule has 2 aliphatic rings. The van der Waals surface area contributed by atoms with Crippen molar-refractivity contribution < 1.29 is 0 Å². The van der Waals surface area contributed by atoms with Crippen LogP contribution in [0, 0.1) is 5.92 Å². The Morgan fingerprint density at radius 2 is 2.00 bits per heavy atom. The van der Waals surface area contributed by atoms with E-state index in [9.17, 15) is 0 Å². The van der Waals surface area contributed by atoms with Gasteiger partial charge in [-0.25, -0.2) is 0 Å². The second-order valence-corrected chi connectivity index (χ2v) is 5.36. The molecule has 1 fully saturated rings. The van der Waals surface area contributed by atoms with Crippen LogP contribution in [0.5, 0.6) is 0 Å². The molecule has 0 radical (unpaired) electrons. The molecule has 0 aromatic carbocycles. The first-order valence-corrected chi connectivity index (χ1v) is 7.08. The Balaban J connectivity index is 1.91. The molecule has 1 N–H and O–H groups in total. The molecule has 0 saturated heterocycles. The largest absolute Gasteiger partial charge is 0.309 e. The van der Waals surface area contributed by atoms with Crippen LogP contribution >= 0.6 is 0 Å². The summed E-state index contributed by atoms with van der Waals surface area (Å²) in [6, 6.07) is 1.84. The van der Waals surface area contributed by atoms with Crippen LogP contribution in [0.25, 0.3) is 0 Å². The maximum atomic E-state index is 3.57. The number of nitrogens with zero attached hydrogens (tertiary/aromatic N) is 1. The van der Waals surface area contributed by atoms with Gasteiger partial charge in [-0.05, 0) is 32.4 Å². The lowest BCUT2D eigenvalue weighted by Gasteiger charge is -2.33. The van der Waals surface area contributed by atoms with E-state index in [0.29, 0.717) is 12.1 Å². The standard InChI is InChI=1S/C15H26N2/c1-4-8-12-11-15(12)17(3)14-10-7-6-9-13(14)16-5-2/h6-7,9-10,12-16H,4-5,8,11H2,1-3H3/t12-,13?,14?,15?/m0/s1. The molecule has 1 saturated carbocycles. The number of rotatable bonds is 6. The predicted molar refractivity (Wildman–Crippen MR) is 74.1 cm³/mol. The first kappa shape index (κ1) is 12.8. The first-order valence-electron chi connectivity index (χ1n) is 7.08. The van der Waals surface area contributed by atoms with Crippen molar-refractivity contribution in [2.45, 2.75) is 51.2 Å². The number of hydrogen-bond donors (Lipinski definition) is 1. The zero-order valence-corrected chi connectivity index (χ0v) is 11.4. The topological polar surface area (TPSA) is 15.3 Å². The third-order valence-corrected chi connectivity index (χ3v) is 4.08. The third kappa shape index (κ3) is 2.99. The van der Waals surface area contributed by atoms with Crippen molar-refractivity contribution in [3.05, 3.63) is 24.3 Å². The van der Waals surface area contributed by atoms with Gasteiger partial charge in [0.1, 0.15) is 0 Å². The second kappa shape index (κ2) is 5.83. The molecule has 0 bridgehead atoms. The molecule has 2 rings (SSSR count). The lowest BCUT2D eigenvalue weighted by molar-refractivity contribution is 0.228. The highest BCUT2D eigenvalue weighted by atomic mass is 15.2. The van der Waals surface area contributed by atoms with E-state index in [0.717, 1.165) is 18.5 Å².